The molecule has 1 aliphatic rings. The molecule has 3 rings (SSSR count). The van der Waals surface area contributed by atoms with Crippen molar-refractivity contribution in [1.82, 2.24) is 0 Å². The fourth-order valence-electron chi connectivity index (χ4n) is 2.29. The number of hydrogen-bond acceptors (Lipinski definition) is 3. The fourth-order valence-corrected chi connectivity index (χ4v) is 2.29. The van der Waals surface area contributed by atoms with Crippen molar-refractivity contribution in [3.8, 4) is 11.5 Å². The van der Waals surface area contributed by atoms with Gasteiger partial charge in [0.15, 0.2) is 0 Å². The molecule has 0 saturated heterocycles. The Morgan fingerprint density at radius 3 is 2.90 bits per heavy atom. The minimum atomic E-state index is -0.0420. The smallest absolute Gasteiger partial charge is 0.258 e. The van der Waals surface area contributed by atoms with Gasteiger partial charge in [0.25, 0.3) is 5.91 Å². The van der Waals surface area contributed by atoms with Crippen molar-refractivity contribution in [3.05, 3.63) is 54.1 Å². The highest BCUT2D eigenvalue weighted by Crippen LogP contribution is 2.32. The van der Waals surface area contributed by atoms with Crippen molar-refractivity contribution in [2.45, 2.75) is 0 Å². The molecule has 0 aromatic heterocycles. The van der Waals surface area contributed by atoms with E-state index in [-0.39, 0.29) is 5.91 Å². The standard InChI is InChI=1S/C16H15NO3/c1-19-13-6-4-5-12(11-13)16(18)17-9-10-20-15-8-3-2-7-14(15)17/h2-8,11H,9-10H2,1H3. The van der Waals surface area contributed by atoms with Gasteiger partial charge in [-0.1, -0.05) is 18.2 Å². The highest BCUT2D eigenvalue weighted by molar-refractivity contribution is 6.07. The van der Waals surface area contributed by atoms with Crippen molar-refractivity contribution >= 4 is 11.6 Å². The average Bonchev–Trinajstić information content (AvgIpc) is 2.53. The zero-order chi connectivity index (χ0) is 13.9. The lowest BCUT2D eigenvalue weighted by Crippen LogP contribution is -2.37. The maximum atomic E-state index is 12.6. The molecule has 2 aromatic rings. The summed E-state index contributed by atoms with van der Waals surface area (Å²) in [5, 5.41) is 0. The van der Waals surface area contributed by atoms with Crippen LogP contribution in [0.3, 0.4) is 0 Å². The highest BCUT2D eigenvalue weighted by Gasteiger charge is 2.24. The minimum absolute atomic E-state index is 0.0420. The topological polar surface area (TPSA) is 38.8 Å². The number of nitrogens with zero attached hydrogens (tertiary/aromatic N) is 1. The van der Waals surface area contributed by atoms with Gasteiger partial charge in [0, 0.05) is 5.56 Å². The van der Waals surface area contributed by atoms with Crippen LogP contribution in [0, 0.1) is 0 Å². The van der Waals surface area contributed by atoms with E-state index in [2.05, 4.69) is 0 Å². The first-order valence-electron chi connectivity index (χ1n) is 6.47. The second kappa shape index (κ2) is 5.25. The number of methoxy groups -OCH3 is 1. The first kappa shape index (κ1) is 12.5. The molecule has 2 aromatic carbocycles. The SMILES string of the molecule is COc1cccc(C(=O)N2CCOc3ccccc32)c1. The highest BCUT2D eigenvalue weighted by atomic mass is 16.5. The summed E-state index contributed by atoms with van der Waals surface area (Å²) in [4.78, 5) is 14.4. The molecule has 20 heavy (non-hydrogen) atoms. The Kier molecular flexibility index (Phi) is 3.29. The third-order valence-corrected chi connectivity index (χ3v) is 3.29. The molecule has 0 aliphatic carbocycles. The number of amides is 1. The molecule has 0 radical (unpaired) electrons. The van der Waals surface area contributed by atoms with Gasteiger partial charge in [0.1, 0.15) is 18.1 Å². The molecule has 0 bridgehead atoms. The van der Waals surface area contributed by atoms with Crippen LogP contribution in [-0.2, 0) is 0 Å². The van der Waals surface area contributed by atoms with Crippen LogP contribution in [0.4, 0.5) is 5.69 Å². The number of rotatable bonds is 2. The first-order valence-corrected chi connectivity index (χ1v) is 6.47. The van der Waals surface area contributed by atoms with Gasteiger partial charge in [-0.25, -0.2) is 0 Å². The Balaban J connectivity index is 1.95. The lowest BCUT2D eigenvalue weighted by Gasteiger charge is -2.29. The maximum Gasteiger partial charge on any atom is 0.258 e. The summed E-state index contributed by atoms with van der Waals surface area (Å²) < 4.78 is 10.7. The van der Waals surface area contributed by atoms with Crippen LogP contribution >= 0.6 is 0 Å². The molecule has 0 unspecified atom stereocenters. The third kappa shape index (κ3) is 2.20. The number of para-hydroxylation sites is 2. The van der Waals surface area contributed by atoms with Crippen LogP contribution in [0.15, 0.2) is 48.5 Å². The van der Waals surface area contributed by atoms with E-state index < -0.39 is 0 Å². The second-order valence-electron chi connectivity index (χ2n) is 4.50. The number of carbonyl (C=O) groups excluding carboxylic acids is 1. The first-order chi connectivity index (χ1) is 9.79. The van der Waals surface area contributed by atoms with Gasteiger partial charge in [0.05, 0.1) is 19.3 Å². The summed E-state index contributed by atoms with van der Waals surface area (Å²) in [6.07, 6.45) is 0. The lowest BCUT2D eigenvalue weighted by molar-refractivity contribution is 0.0976. The monoisotopic (exact) mass is 269 g/mol. The minimum Gasteiger partial charge on any atom is -0.497 e. The number of carbonyl (C=O) groups is 1. The van der Waals surface area contributed by atoms with Crippen LogP contribution in [0.1, 0.15) is 10.4 Å². The summed E-state index contributed by atoms with van der Waals surface area (Å²) in [6, 6.07) is 14.8. The summed E-state index contributed by atoms with van der Waals surface area (Å²) in [5.74, 6) is 1.38. The summed E-state index contributed by atoms with van der Waals surface area (Å²) in [5.41, 5.74) is 1.42. The quantitative estimate of drug-likeness (QED) is 0.841. The molecule has 1 aliphatic heterocycles. The van der Waals surface area contributed by atoms with E-state index in [4.69, 9.17) is 9.47 Å². The van der Waals surface area contributed by atoms with Crippen molar-refractivity contribution < 1.29 is 14.3 Å². The molecule has 0 N–H and O–H groups in total. The van der Waals surface area contributed by atoms with Gasteiger partial charge in [0.2, 0.25) is 0 Å². The van der Waals surface area contributed by atoms with Gasteiger partial charge in [-0.15, -0.1) is 0 Å². The molecular weight excluding hydrogens is 254 g/mol. The molecule has 1 amide bonds. The molecule has 102 valence electrons. The van der Waals surface area contributed by atoms with E-state index in [1.807, 2.05) is 36.4 Å². The van der Waals surface area contributed by atoms with Crippen molar-refractivity contribution in [2.24, 2.45) is 0 Å². The van der Waals surface area contributed by atoms with Crippen molar-refractivity contribution in [3.63, 3.8) is 0 Å². The summed E-state index contributed by atoms with van der Waals surface area (Å²) in [7, 11) is 1.59. The third-order valence-electron chi connectivity index (χ3n) is 3.29. The lowest BCUT2D eigenvalue weighted by atomic mass is 10.1. The molecule has 4 nitrogen and oxygen atoms in total. The second-order valence-corrected chi connectivity index (χ2v) is 4.50. The van der Waals surface area contributed by atoms with E-state index in [0.29, 0.717) is 24.5 Å². The molecule has 0 fully saturated rings. The zero-order valence-corrected chi connectivity index (χ0v) is 11.2. The fraction of sp³-hybridized carbons (Fsp3) is 0.188. The Morgan fingerprint density at radius 2 is 2.05 bits per heavy atom. The number of ether oxygens (including phenoxy) is 2. The summed E-state index contributed by atoms with van der Waals surface area (Å²) >= 11 is 0. The number of hydrogen-bond donors (Lipinski definition) is 0. The molecule has 0 spiro atoms. The Bertz CT molecular complexity index is 639. The van der Waals surface area contributed by atoms with Crippen molar-refractivity contribution in [1.29, 1.82) is 0 Å². The van der Waals surface area contributed by atoms with Gasteiger partial charge >= 0.3 is 0 Å². The molecule has 1 heterocycles. The zero-order valence-electron chi connectivity index (χ0n) is 11.2. The van der Waals surface area contributed by atoms with E-state index in [1.54, 1.807) is 24.1 Å². The maximum absolute atomic E-state index is 12.6. The largest absolute Gasteiger partial charge is 0.497 e. The Labute approximate surface area is 117 Å². The van der Waals surface area contributed by atoms with E-state index in [1.165, 1.54) is 0 Å². The van der Waals surface area contributed by atoms with Crippen molar-refractivity contribution in [2.75, 3.05) is 25.2 Å². The Hall–Kier alpha value is -2.49. The van der Waals surface area contributed by atoms with Gasteiger partial charge < -0.3 is 14.4 Å². The number of fused-ring (bicyclic) bond motifs is 1. The predicted molar refractivity (Wildman–Crippen MR) is 76.6 cm³/mol. The molecule has 4 heteroatoms. The normalized spacial score (nSPS) is 13.3. The molecular formula is C16H15NO3. The molecule has 0 atom stereocenters. The summed E-state index contributed by atoms with van der Waals surface area (Å²) in [6.45, 7) is 1.06. The van der Waals surface area contributed by atoms with E-state index >= 15 is 0 Å². The molecule has 0 saturated carbocycles. The van der Waals surface area contributed by atoms with Gasteiger partial charge in [-0.2, -0.15) is 0 Å². The van der Waals surface area contributed by atoms with Crippen LogP contribution in [-0.4, -0.2) is 26.2 Å². The van der Waals surface area contributed by atoms with E-state index in [9.17, 15) is 4.79 Å². The van der Waals surface area contributed by atoms with Crippen LogP contribution in [0.5, 0.6) is 11.5 Å². The predicted octanol–water partition coefficient (Wildman–Crippen LogP) is 2.73. The Morgan fingerprint density at radius 1 is 1.20 bits per heavy atom. The average molecular weight is 269 g/mol. The van der Waals surface area contributed by atoms with Gasteiger partial charge in [-0.05, 0) is 30.3 Å². The van der Waals surface area contributed by atoms with E-state index in [0.717, 1.165) is 11.4 Å². The van der Waals surface area contributed by atoms with Crippen LogP contribution < -0.4 is 14.4 Å². The van der Waals surface area contributed by atoms with Crippen LogP contribution in [0.25, 0.3) is 0 Å². The number of benzene rings is 2. The van der Waals surface area contributed by atoms with Crippen LogP contribution in [0.2, 0.25) is 0 Å². The number of anilines is 1. The van der Waals surface area contributed by atoms with Gasteiger partial charge in [-0.3, -0.25) is 4.79 Å².